The molecule has 2 rings (SSSR count). The number of aliphatic hydroxyl groups is 1. The average Bonchev–Trinajstić information content (AvgIpc) is 2.89. The molecule has 1 aliphatic heterocycles. The summed E-state index contributed by atoms with van der Waals surface area (Å²) in [5, 5.41) is 22.0. The molecule has 7 heteroatoms. The first-order valence-corrected chi connectivity index (χ1v) is 8.51. The lowest BCUT2D eigenvalue weighted by molar-refractivity contribution is -0.117. The molecule has 2 N–H and O–H groups in total. The molecule has 1 amide bonds. The Labute approximate surface area is 129 Å². The van der Waals surface area contributed by atoms with E-state index in [-0.39, 0.29) is 12.0 Å². The van der Waals surface area contributed by atoms with E-state index in [0.717, 1.165) is 43.8 Å². The van der Waals surface area contributed by atoms with Crippen LogP contribution in [0.2, 0.25) is 0 Å². The maximum atomic E-state index is 12.0. The second-order valence-electron chi connectivity index (χ2n) is 5.51. The number of aryl methyl sites for hydroxylation is 1. The zero-order valence-corrected chi connectivity index (χ0v) is 13.4. The van der Waals surface area contributed by atoms with Crippen LogP contribution in [0.4, 0.5) is 5.13 Å². The summed E-state index contributed by atoms with van der Waals surface area (Å²) in [6, 6.07) is 0. The third-order valence-electron chi connectivity index (χ3n) is 3.63. The zero-order valence-electron chi connectivity index (χ0n) is 12.5. The molecule has 0 aliphatic carbocycles. The Morgan fingerprint density at radius 1 is 1.38 bits per heavy atom. The first-order chi connectivity index (χ1) is 10.2. The number of amides is 1. The van der Waals surface area contributed by atoms with Gasteiger partial charge in [-0.2, -0.15) is 0 Å². The van der Waals surface area contributed by atoms with Gasteiger partial charge in [0.05, 0.1) is 12.6 Å². The first-order valence-electron chi connectivity index (χ1n) is 7.70. The van der Waals surface area contributed by atoms with E-state index in [1.165, 1.54) is 24.2 Å². The van der Waals surface area contributed by atoms with Gasteiger partial charge in [0.15, 0.2) is 0 Å². The van der Waals surface area contributed by atoms with E-state index in [0.29, 0.717) is 11.7 Å². The predicted molar refractivity (Wildman–Crippen MR) is 83.4 cm³/mol. The van der Waals surface area contributed by atoms with Crippen LogP contribution in [-0.4, -0.2) is 51.8 Å². The lowest BCUT2D eigenvalue weighted by atomic mass is 10.1. The minimum Gasteiger partial charge on any atom is -0.393 e. The van der Waals surface area contributed by atoms with E-state index >= 15 is 0 Å². The average molecular weight is 312 g/mol. The van der Waals surface area contributed by atoms with Crippen LogP contribution in [0.15, 0.2) is 0 Å². The highest BCUT2D eigenvalue weighted by Gasteiger charge is 2.19. The van der Waals surface area contributed by atoms with Crippen molar-refractivity contribution in [3.05, 3.63) is 5.01 Å². The molecule has 0 saturated carbocycles. The fourth-order valence-electron chi connectivity index (χ4n) is 2.37. The number of piperidine rings is 1. The van der Waals surface area contributed by atoms with Crippen LogP contribution in [0.5, 0.6) is 0 Å². The molecule has 0 unspecified atom stereocenters. The number of unbranched alkanes of at least 4 members (excludes halogenated alkanes) is 2. The summed E-state index contributed by atoms with van der Waals surface area (Å²) in [5.74, 6) is -0.0531. The quantitative estimate of drug-likeness (QED) is 0.749. The molecule has 1 aromatic rings. The van der Waals surface area contributed by atoms with Crippen LogP contribution in [0.25, 0.3) is 0 Å². The minimum atomic E-state index is -0.210. The minimum absolute atomic E-state index is 0.0531. The maximum absolute atomic E-state index is 12.0. The van der Waals surface area contributed by atoms with Gasteiger partial charge >= 0.3 is 0 Å². The van der Waals surface area contributed by atoms with Crippen molar-refractivity contribution in [2.75, 3.05) is 25.0 Å². The third kappa shape index (κ3) is 5.68. The van der Waals surface area contributed by atoms with E-state index in [2.05, 4.69) is 27.3 Å². The molecule has 21 heavy (non-hydrogen) atoms. The van der Waals surface area contributed by atoms with E-state index in [9.17, 15) is 9.90 Å². The number of carbonyl (C=O) groups excluding carboxylic acids is 1. The summed E-state index contributed by atoms with van der Waals surface area (Å²) in [4.78, 5) is 14.0. The van der Waals surface area contributed by atoms with Crippen LogP contribution >= 0.6 is 11.3 Å². The van der Waals surface area contributed by atoms with Gasteiger partial charge < -0.3 is 5.11 Å². The lowest BCUT2D eigenvalue weighted by Crippen LogP contribution is -2.40. The Kier molecular flexibility index (Phi) is 6.53. The molecule has 0 bridgehead atoms. The van der Waals surface area contributed by atoms with E-state index < -0.39 is 0 Å². The van der Waals surface area contributed by atoms with Gasteiger partial charge in [-0.15, -0.1) is 10.2 Å². The largest absolute Gasteiger partial charge is 0.393 e. The molecule has 0 aromatic carbocycles. The van der Waals surface area contributed by atoms with Crippen LogP contribution in [0, 0.1) is 0 Å². The number of likely N-dealkylation sites (tertiary alicyclic amines) is 1. The van der Waals surface area contributed by atoms with Crippen molar-refractivity contribution < 1.29 is 9.90 Å². The van der Waals surface area contributed by atoms with Crippen molar-refractivity contribution in [3.63, 3.8) is 0 Å². The highest BCUT2D eigenvalue weighted by molar-refractivity contribution is 7.15. The van der Waals surface area contributed by atoms with Gasteiger partial charge in [-0.25, -0.2) is 0 Å². The number of carbonyl (C=O) groups is 1. The van der Waals surface area contributed by atoms with Gasteiger partial charge in [-0.1, -0.05) is 31.1 Å². The van der Waals surface area contributed by atoms with E-state index in [1.54, 1.807) is 0 Å². The first kappa shape index (κ1) is 16.3. The van der Waals surface area contributed by atoms with E-state index in [4.69, 9.17) is 0 Å². The monoisotopic (exact) mass is 312 g/mol. The summed E-state index contributed by atoms with van der Waals surface area (Å²) < 4.78 is 0. The SMILES string of the molecule is CCCCCc1nnc(NC(=O)CN2CCC(O)CC2)s1. The van der Waals surface area contributed by atoms with Crippen molar-refractivity contribution in [2.24, 2.45) is 0 Å². The Balaban J connectivity index is 1.72. The molecule has 1 saturated heterocycles. The number of nitrogens with one attached hydrogen (secondary N) is 1. The lowest BCUT2D eigenvalue weighted by Gasteiger charge is -2.28. The van der Waals surface area contributed by atoms with Gasteiger partial charge in [-0.3, -0.25) is 15.0 Å². The van der Waals surface area contributed by atoms with Crippen molar-refractivity contribution in [1.82, 2.24) is 15.1 Å². The van der Waals surface area contributed by atoms with Crippen LogP contribution in [-0.2, 0) is 11.2 Å². The van der Waals surface area contributed by atoms with Crippen LogP contribution in [0.1, 0.15) is 44.0 Å². The molecule has 2 heterocycles. The number of rotatable bonds is 7. The van der Waals surface area contributed by atoms with Crippen molar-refractivity contribution in [3.8, 4) is 0 Å². The maximum Gasteiger partial charge on any atom is 0.240 e. The standard InChI is InChI=1S/C14H24N4O2S/c1-2-3-4-5-13-16-17-14(21-13)15-12(20)10-18-8-6-11(19)7-9-18/h11,19H,2-10H2,1H3,(H,15,17,20). The van der Waals surface area contributed by atoms with Gasteiger partial charge in [0.1, 0.15) is 5.01 Å². The molecular weight excluding hydrogens is 288 g/mol. The van der Waals surface area contributed by atoms with Crippen LogP contribution in [0.3, 0.4) is 0 Å². The topological polar surface area (TPSA) is 78.4 Å². The number of aliphatic hydroxyl groups excluding tert-OH is 1. The molecule has 1 aromatic heterocycles. The number of hydrogen-bond donors (Lipinski definition) is 2. The molecule has 0 atom stereocenters. The second-order valence-corrected chi connectivity index (χ2v) is 6.58. The summed E-state index contributed by atoms with van der Waals surface area (Å²) in [7, 11) is 0. The number of aromatic nitrogens is 2. The molecule has 118 valence electrons. The number of hydrogen-bond acceptors (Lipinski definition) is 6. The normalized spacial score (nSPS) is 17.0. The fourth-order valence-corrected chi connectivity index (χ4v) is 3.17. The molecule has 6 nitrogen and oxygen atoms in total. The Bertz CT molecular complexity index is 444. The summed E-state index contributed by atoms with van der Waals surface area (Å²) in [5.41, 5.74) is 0. The molecular formula is C14H24N4O2S. The van der Waals surface area contributed by atoms with Gasteiger partial charge in [0, 0.05) is 19.5 Å². The molecule has 1 aliphatic rings. The summed E-state index contributed by atoms with van der Waals surface area (Å²) >= 11 is 1.46. The third-order valence-corrected chi connectivity index (χ3v) is 4.53. The van der Waals surface area contributed by atoms with Gasteiger partial charge in [0.2, 0.25) is 11.0 Å². The number of anilines is 1. The molecule has 1 fully saturated rings. The van der Waals surface area contributed by atoms with Gasteiger partial charge in [-0.05, 0) is 19.3 Å². The summed E-state index contributed by atoms with van der Waals surface area (Å²) in [6.45, 7) is 4.07. The summed E-state index contributed by atoms with van der Waals surface area (Å²) in [6.07, 6.45) is 5.72. The van der Waals surface area contributed by atoms with Crippen molar-refractivity contribution in [1.29, 1.82) is 0 Å². The van der Waals surface area contributed by atoms with Crippen molar-refractivity contribution >= 4 is 22.4 Å². The molecule has 0 radical (unpaired) electrons. The van der Waals surface area contributed by atoms with Crippen molar-refractivity contribution in [2.45, 2.75) is 51.6 Å². The Morgan fingerprint density at radius 2 is 2.14 bits per heavy atom. The second kappa shape index (κ2) is 8.41. The fraction of sp³-hybridized carbons (Fsp3) is 0.786. The highest BCUT2D eigenvalue weighted by Crippen LogP contribution is 2.17. The molecule has 0 spiro atoms. The zero-order chi connectivity index (χ0) is 15.1. The predicted octanol–water partition coefficient (Wildman–Crippen LogP) is 1.67. The number of nitrogens with zero attached hydrogens (tertiary/aromatic N) is 3. The Morgan fingerprint density at radius 3 is 2.86 bits per heavy atom. The smallest absolute Gasteiger partial charge is 0.240 e. The van der Waals surface area contributed by atoms with Crippen LogP contribution < -0.4 is 5.32 Å². The van der Waals surface area contributed by atoms with E-state index in [1.807, 2.05) is 0 Å². The Hall–Kier alpha value is -1.05. The highest BCUT2D eigenvalue weighted by atomic mass is 32.1. The van der Waals surface area contributed by atoms with Gasteiger partial charge in [0.25, 0.3) is 0 Å².